The second kappa shape index (κ2) is 9.25. The van der Waals surface area contributed by atoms with Crippen LogP contribution in [0.4, 0.5) is 11.4 Å². The van der Waals surface area contributed by atoms with E-state index in [0.29, 0.717) is 27.9 Å². The van der Waals surface area contributed by atoms with Gasteiger partial charge in [-0.05, 0) is 42.5 Å². The van der Waals surface area contributed by atoms with E-state index in [1.165, 1.54) is 7.11 Å². The molecule has 5 nitrogen and oxygen atoms in total. The average molecular weight is 378 g/mol. The van der Waals surface area contributed by atoms with Crippen molar-refractivity contribution < 1.29 is 9.53 Å². The van der Waals surface area contributed by atoms with E-state index in [1.54, 1.807) is 18.2 Å². The molecule has 0 radical (unpaired) electrons. The molecular weight excluding hydrogens is 358 g/mol. The normalized spacial score (nSPS) is 10.0. The number of likely N-dealkylation sites (N-methyl/N-ethyl adjacent to an activating group) is 1. The van der Waals surface area contributed by atoms with Crippen molar-refractivity contribution in [3.05, 3.63) is 59.1 Å². The number of hydrogen-bond donors (Lipinski definition) is 2. The molecule has 0 fully saturated rings. The van der Waals surface area contributed by atoms with Crippen LogP contribution in [0, 0.1) is 0 Å². The average Bonchev–Trinajstić information content (AvgIpc) is 2.63. The molecule has 2 rings (SSSR count). The molecular formula is C18H20ClN3O2S. The molecule has 0 saturated heterocycles. The van der Waals surface area contributed by atoms with Crippen LogP contribution in [-0.4, -0.2) is 38.3 Å². The minimum absolute atomic E-state index is 0.404. The van der Waals surface area contributed by atoms with Crippen molar-refractivity contribution in [3.8, 4) is 0 Å². The number of esters is 1. The van der Waals surface area contributed by atoms with Crippen LogP contribution in [-0.2, 0) is 4.74 Å². The summed E-state index contributed by atoms with van der Waals surface area (Å²) >= 11 is 11.4. The third kappa shape index (κ3) is 5.62. The third-order valence-corrected chi connectivity index (χ3v) is 4.14. The molecule has 132 valence electrons. The molecule has 2 aromatic carbocycles. The number of anilines is 2. The standard InChI is InChI=1S/C18H20ClN3O2S/c1-22(14-6-4-3-5-7-14)11-10-20-18(25)21-16-12-13(17(23)24-2)8-9-15(16)19/h3-9,12H,10-11H2,1-2H3,(H2,20,21,25). The second-order valence-corrected chi connectivity index (χ2v) is 6.14. The highest BCUT2D eigenvalue weighted by Crippen LogP contribution is 2.23. The van der Waals surface area contributed by atoms with Gasteiger partial charge in [-0.2, -0.15) is 0 Å². The van der Waals surface area contributed by atoms with E-state index >= 15 is 0 Å². The second-order valence-electron chi connectivity index (χ2n) is 5.32. The summed E-state index contributed by atoms with van der Waals surface area (Å²) in [6.45, 7) is 1.44. The summed E-state index contributed by atoms with van der Waals surface area (Å²) in [7, 11) is 3.35. The zero-order valence-corrected chi connectivity index (χ0v) is 15.7. The van der Waals surface area contributed by atoms with E-state index in [2.05, 4.69) is 27.7 Å². The van der Waals surface area contributed by atoms with E-state index in [-0.39, 0.29) is 0 Å². The van der Waals surface area contributed by atoms with Gasteiger partial charge >= 0.3 is 5.97 Å². The van der Waals surface area contributed by atoms with Crippen LogP contribution >= 0.6 is 23.8 Å². The van der Waals surface area contributed by atoms with Crippen molar-refractivity contribution >= 4 is 46.3 Å². The smallest absolute Gasteiger partial charge is 0.337 e. The molecule has 0 amide bonds. The third-order valence-electron chi connectivity index (χ3n) is 3.57. The van der Waals surface area contributed by atoms with Gasteiger partial charge in [0.25, 0.3) is 0 Å². The Labute approximate surface area is 157 Å². The van der Waals surface area contributed by atoms with Crippen LogP contribution in [0.5, 0.6) is 0 Å². The molecule has 0 aliphatic rings. The first-order chi connectivity index (χ1) is 12.0. The lowest BCUT2D eigenvalue weighted by Crippen LogP contribution is -2.35. The van der Waals surface area contributed by atoms with Crippen molar-refractivity contribution in [3.63, 3.8) is 0 Å². The van der Waals surface area contributed by atoms with Crippen molar-refractivity contribution in [1.82, 2.24) is 5.32 Å². The summed E-state index contributed by atoms with van der Waals surface area (Å²) in [6, 6.07) is 14.9. The van der Waals surface area contributed by atoms with Crippen LogP contribution in [0.15, 0.2) is 48.5 Å². The summed E-state index contributed by atoms with van der Waals surface area (Å²) in [6.07, 6.45) is 0. The lowest BCUT2D eigenvalue weighted by molar-refractivity contribution is 0.0601. The van der Waals surface area contributed by atoms with Gasteiger partial charge < -0.3 is 20.3 Å². The van der Waals surface area contributed by atoms with Crippen molar-refractivity contribution in [2.24, 2.45) is 0 Å². The van der Waals surface area contributed by atoms with Crippen LogP contribution in [0.1, 0.15) is 10.4 Å². The van der Waals surface area contributed by atoms with Gasteiger partial charge in [0.05, 0.1) is 23.4 Å². The van der Waals surface area contributed by atoms with Crippen molar-refractivity contribution in [1.29, 1.82) is 0 Å². The fourth-order valence-electron chi connectivity index (χ4n) is 2.18. The number of carbonyl (C=O) groups excluding carboxylic acids is 1. The molecule has 0 aliphatic carbocycles. The number of ether oxygens (including phenoxy) is 1. The molecule has 0 aliphatic heterocycles. The Morgan fingerprint density at radius 3 is 2.64 bits per heavy atom. The molecule has 2 N–H and O–H groups in total. The number of carbonyl (C=O) groups is 1. The van der Waals surface area contributed by atoms with E-state index in [9.17, 15) is 4.79 Å². The number of halogens is 1. The lowest BCUT2D eigenvalue weighted by atomic mass is 10.2. The van der Waals surface area contributed by atoms with Crippen molar-refractivity contribution in [2.75, 3.05) is 37.5 Å². The number of benzene rings is 2. The van der Waals surface area contributed by atoms with Gasteiger partial charge in [0, 0.05) is 25.8 Å². The predicted octanol–water partition coefficient (Wildman–Crippen LogP) is 3.55. The van der Waals surface area contributed by atoms with Crippen LogP contribution in [0.25, 0.3) is 0 Å². The molecule has 0 aromatic heterocycles. The van der Waals surface area contributed by atoms with Gasteiger partial charge in [-0.1, -0.05) is 29.8 Å². The number of para-hydroxylation sites is 1. The molecule has 0 spiro atoms. The van der Waals surface area contributed by atoms with Gasteiger partial charge in [0.15, 0.2) is 5.11 Å². The van der Waals surface area contributed by atoms with Gasteiger partial charge in [-0.15, -0.1) is 0 Å². The molecule has 0 bridgehead atoms. The molecule has 0 atom stereocenters. The maximum Gasteiger partial charge on any atom is 0.337 e. The molecule has 0 saturated carbocycles. The summed E-state index contributed by atoms with van der Waals surface area (Å²) < 4.78 is 4.71. The van der Waals surface area contributed by atoms with Crippen LogP contribution in [0.3, 0.4) is 0 Å². The van der Waals surface area contributed by atoms with Gasteiger partial charge in [-0.25, -0.2) is 4.79 Å². The minimum atomic E-state index is -0.428. The first kappa shape index (κ1) is 19.0. The zero-order chi connectivity index (χ0) is 18.2. The lowest BCUT2D eigenvalue weighted by Gasteiger charge is -2.20. The topological polar surface area (TPSA) is 53.6 Å². The Hall–Kier alpha value is -2.31. The maximum absolute atomic E-state index is 11.6. The largest absolute Gasteiger partial charge is 0.465 e. The number of hydrogen-bond acceptors (Lipinski definition) is 4. The first-order valence-corrected chi connectivity index (χ1v) is 8.49. The fourth-order valence-corrected chi connectivity index (χ4v) is 2.56. The van der Waals surface area contributed by atoms with Crippen molar-refractivity contribution in [2.45, 2.75) is 0 Å². The van der Waals surface area contributed by atoms with Crippen LogP contribution in [0.2, 0.25) is 5.02 Å². The Bertz CT molecular complexity index is 740. The monoisotopic (exact) mass is 377 g/mol. The van der Waals surface area contributed by atoms with Gasteiger partial charge in [0.2, 0.25) is 0 Å². The zero-order valence-electron chi connectivity index (χ0n) is 14.1. The summed E-state index contributed by atoms with van der Waals surface area (Å²) in [5, 5.41) is 7.04. The summed E-state index contributed by atoms with van der Waals surface area (Å²) in [5.41, 5.74) is 2.09. The Morgan fingerprint density at radius 1 is 1.24 bits per heavy atom. The quantitative estimate of drug-likeness (QED) is 0.593. The number of nitrogens with one attached hydrogen (secondary N) is 2. The number of methoxy groups -OCH3 is 1. The van der Waals surface area contributed by atoms with Gasteiger partial charge in [-0.3, -0.25) is 0 Å². The number of thiocarbonyl (C=S) groups is 1. The summed E-state index contributed by atoms with van der Waals surface area (Å²) in [4.78, 5) is 13.7. The van der Waals surface area contributed by atoms with E-state index < -0.39 is 5.97 Å². The highest BCUT2D eigenvalue weighted by Gasteiger charge is 2.10. The Kier molecular flexibility index (Phi) is 7.03. The maximum atomic E-state index is 11.6. The minimum Gasteiger partial charge on any atom is -0.465 e. The highest BCUT2D eigenvalue weighted by atomic mass is 35.5. The van der Waals surface area contributed by atoms with E-state index in [0.717, 1.165) is 12.2 Å². The van der Waals surface area contributed by atoms with E-state index in [1.807, 2.05) is 25.2 Å². The molecule has 7 heteroatoms. The molecule has 0 unspecified atom stereocenters. The first-order valence-electron chi connectivity index (χ1n) is 7.70. The number of nitrogens with zero attached hydrogens (tertiary/aromatic N) is 1. The van der Waals surface area contributed by atoms with Gasteiger partial charge in [0.1, 0.15) is 0 Å². The summed E-state index contributed by atoms with van der Waals surface area (Å²) in [5.74, 6) is -0.428. The van der Waals surface area contributed by atoms with Crippen LogP contribution < -0.4 is 15.5 Å². The molecule has 25 heavy (non-hydrogen) atoms. The highest BCUT2D eigenvalue weighted by molar-refractivity contribution is 7.80. The predicted molar refractivity (Wildman–Crippen MR) is 107 cm³/mol. The molecule has 2 aromatic rings. The fraction of sp³-hybridized carbons (Fsp3) is 0.222. The van der Waals surface area contributed by atoms with E-state index in [4.69, 9.17) is 28.6 Å². The number of rotatable bonds is 6. The Morgan fingerprint density at radius 2 is 1.96 bits per heavy atom. The Balaban J connectivity index is 1.87. The SMILES string of the molecule is COC(=O)c1ccc(Cl)c(NC(=S)NCCN(C)c2ccccc2)c1. The molecule has 0 heterocycles.